The molecule has 1 unspecified atom stereocenters. The Hall–Kier alpha value is -0.343. The summed E-state index contributed by atoms with van der Waals surface area (Å²) in [4.78, 5) is 0. The van der Waals surface area contributed by atoms with Gasteiger partial charge in [-0.3, -0.25) is 0 Å². The highest BCUT2D eigenvalue weighted by molar-refractivity contribution is 7.89. The summed E-state index contributed by atoms with van der Waals surface area (Å²) >= 11 is -1.50. The molecule has 92 valence electrons. The topological polar surface area (TPSA) is 76.1 Å². The van der Waals surface area contributed by atoms with Crippen LogP contribution in [-0.4, -0.2) is 29.0 Å². The minimum Gasteiger partial charge on any atom is -0.592 e. The molecule has 1 aromatic heterocycles. The van der Waals surface area contributed by atoms with Gasteiger partial charge in [0, 0.05) is 20.7 Å². The van der Waals surface area contributed by atoms with Crippen LogP contribution in [0.15, 0.2) is 17.3 Å². The fraction of sp³-hybridized carbons (Fsp3) is 0.667. The number of nitrogens with two attached hydrogens (primary N) is 1. The van der Waals surface area contributed by atoms with Gasteiger partial charge in [-0.15, -0.1) is 5.14 Å². The largest absolute Gasteiger partial charge is 0.592 e. The summed E-state index contributed by atoms with van der Waals surface area (Å²) in [6.07, 6.45) is 1.57. The van der Waals surface area contributed by atoms with Crippen LogP contribution in [0.4, 0.5) is 0 Å². The Kier molecular flexibility index (Phi) is 5.00. The van der Waals surface area contributed by atoms with Crippen molar-refractivity contribution in [1.82, 2.24) is 9.78 Å². The van der Waals surface area contributed by atoms with Crippen LogP contribution >= 0.6 is 0 Å². The molecule has 0 saturated carbocycles. The van der Waals surface area contributed by atoms with Crippen molar-refractivity contribution in [2.45, 2.75) is 37.4 Å². The fourth-order valence-electron chi connectivity index (χ4n) is 1.12. The van der Waals surface area contributed by atoms with Crippen molar-refractivity contribution >= 4 is 19.4 Å². The highest BCUT2D eigenvalue weighted by atomic mass is 32.2. The third kappa shape index (κ3) is 4.66. The lowest BCUT2D eigenvalue weighted by molar-refractivity contribution is 0.0722. The molecule has 1 heterocycles. The standard InChI is InChI=1S/C9H19N3O2SSi/c1-16(2,3)7-6-14-8-12-9(15(10)13)4-5-11-12/h4-5H,6-8,10H2,1-3H3. The first-order valence-electron chi connectivity index (χ1n) is 5.16. The van der Waals surface area contributed by atoms with Crippen molar-refractivity contribution in [2.24, 2.45) is 5.14 Å². The lowest BCUT2D eigenvalue weighted by Crippen LogP contribution is -2.23. The van der Waals surface area contributed by atoms with E-state index >= 15 is 0 Å². The molecule has 0 aliphatic carbocycles. The zero-order valence-corrected chi connectivity index (χ0v) is 11.8. The van der Waals surface area contributed by atoms with E-state index in [0.29, 0.717) is 18.4 Å². The quantitative estimate of drug-likeness (QED) is 0.474. The molecule has 0 aliphatic rings. The van der Waals surface area contributed by atoms with Crippen molar-refractivity contribution in [3.63, 3.8) is 0 Å². The van der Waals surface area contributed by atoms with Gasteiger partial charge < -0.3 is 9.29 Å². The van der Waals surface area contributed by atoms with Gasteiger partial charge in [0.25, 0.3) is 5.03 Å². The normalized spacial score (nSPS) is 14.1. The number of ether oxygens (including phenoxy) is 1. The lowest BCUT2D eigenvalue weighted by atomic mass is 10.7. The van der Waals surface area contributed by atoms with Gasteiger partial charge >= 0.3 is 0 Å². The van der Waals surface area contributed by atoms with Crippen LogP contribution < -0.4 is 5.14 Å². The Bertz CT molecular complexity index is 325. The van der Waals surface area contributed by atoms with E-state index in [4.69, 9.17) is 9.88 Å². The van der Waals surface area contributed by atoms with Crippen LogP contribution in [0.1, 0.15) is 0 Å². The van der Waals surface area contributed by atoms with Crippen molar-refractivity contribution in [1.29, 1.82) is 0 Å². The molecule has 0 saturated heterocycles. The Morgan fingerprint density at radius 1 is 1.56 bits per heavy atom. The molecule has 0 spiro atoms. The van der Waals surface area contributed by atoms with Crippen LogP contribution in [-0.2, 0) is 22.8 Å². The molecule has 2 N–H and O–H groups in total. The van der Waals surface area contributed by atoms with E-state index in [0.717, 1.165) is 6.04 Å². The Morgan fingerprint density at radius 3 is 2.81 bits per heavy atom. The summed E-state index contributed by atoms with van der Waals surface area (Å²) in [6.45, 7) is 7.92. The van der Waals surface area contributed by atoms with Crippen molar-refractivity contribution < 1.29 is 9.29 Å². The second kappa shape index (κ2) is 5.83. The molecule has 0 radical (unpaired) electrons. The second-order valence-electron chi connectivity index (χ2n) is 4.81. The van der Waals surface area contributed by atoms with E-state index < -0.39 is 19.4 Å². The zero-order chi connectivity index (χ0) is 12.2. The molecule has 0 bridgehead atoms. The summed E-state index contributed by atoms with van der Waals surface area (Å²) in [5.41, 5.74) is 0. The predicted octanol–water partition coefficient (Wildman–Crippen LogP) is 1.18. The summed E-state index contributed by atoms with van der Waals surface area (Å²) in [5.74, 6) is 0. The average Bonchev–Trinajstić information content (AvgIpc) is 2.58. The summed E-state index contributed by atoms with van der Waals surface area (Å²) in [7, 11) is -1.05. The number of hydrogen-bond acceptors (Lipinski definition) is 4. The molecule has 16 heavy (non-hydrogen) atoms. The van der Waals surface area contributed by atoms with Gasteiger partial charge in [-0.1, -0.05) is 19.6 Å². The van der Waals surface area contributed by atoms with Crippen molar-refractivity contribution in [2.75, 3.05) is 6.61 Å². The third-order valence-corrected chi connectivity index (χ3v) is 4.56. The molecule has 0 amide bonds. The minimum atomic E-state index is -1.50. The van der Waals surface area contributed by atoms with Crippen molar-refractivity contribution in [3.8, 4) is 0 Å². The van der Waals surface area contributed by atoms with Crippen LogP contribution in [0.25, 0.3) is 0 Å². The first-order valence-corrected chi connectivity index (χ1v) is 10.1. The molecule has 0 aromatic carbocycles. The van der Waals surface area contributed by atoms with Crippen LogP contribution in [0.5, 0.6) is 0 Å². The maximum absolute atomic E-state index is 11.1. The first kappa shape index (κ1) is 13.7. The number of rotatable bonds is 6. The SMILES string of the molecule is C[Si](C)(C)CCOCn1nccc1[S+](N)[O-]. The molecular formula is C9H19N3O2SSi. The van der Waals surface area contributed by atoms with Gasteiger partial charge in [-0.25, -0.2) is 0 Å². The Labute approximate surface area is 100 Å². The monoisotopic (exact) mass is 261 g/mol. The highest BCUT2D eigenvalue weighted by Gasteiger charge is 2.14. The molecule has 7 heteroatoms. The van der Waals surface area contributed by atoms with Crippen LogP contribution in [0.3, 0.4) is 0 Å². The van der Waals surface area contributed by atoms with Gasteiger partial charge in [0.2, 0.25) is 0 Å². The van der Waals surface area contributed by atoms with Gasteiger partial charge in [0.05, 0.1) is 17.6 Å². The third-order valence-electron chi connectivity index (χ3n) is 2.09. The predicted molar refractivity (Wildman–Crippen MR) is 66.9 cm³/mol. The Morgan fingerprint density at radius 2 is 2.25 bits per heavy atom. The van der Waals surface area contributed by atoms with Gasteiger partial charge in [0.15, 0.2) is 0 Å². The number of aromatic nitrogens is 2. The number of nitrogens with zero attached hydrogens (tertiary/aromatic N) is 2. The van der Waals surface area contributed by atoms with E-state index in [9.17, 15) is 4.55 Å². The maximum atomic E-state index is 11.1. The second-order valence-corrected chi connectivity index (χ2v) is 11.4. The summed E-state index contributed by atoms with van der Waals surface area (Å²) in [6, 6.07) is 2.74. The first-order chi connectivity index (χ1) is 7.40. The summed E-state index contributed by atoms with van der Waals surface area (Å²) in [5, 5.41) is 9.79. The van der Waals surface area contributed by atoms with Gasteiger partial charge in [0.1, 0.15) is 6.73 Å². The van der Waals surface area contributed by atoms with Gasteiger partial charge in [-0.05, 0) is 6.04 Å². The average molecular weight is 261 g/mol. The molecule has 1 aromatic rings. The fourth-order valence-corrected chi connectivity index (χ4v) is 2.38. The summed E-state index contributed by atoms with van der Waals surface area (Å²) < 4.78 is 18.1. The lowest BCUT2D eigenvalue weighted by Gasteiger charge is -2.15. The molecule has 0 fully saturated rings. The highest BCUT2D eigenvalue weighted by Crippen LogP contribution is 2.09. The molecule has 1 rings (SSSR count). The smallest absolute Gasteiger partial charge is 0.266 e. The molecular weight excluding hydrogens is 242 g/mol. The maximum Gasteiger partial charge on any atom is 0.266 e. The molecule has 0 aliphatic heterocycles. The van der Waals surface area contributed by atoms with Crippen LogP contribution in [0, 0.1) is 0 Å². The molecule has 1 atom stereocenters. The van der Waals surface area contributed by atoms with E-state index in [1.165, 1.54) is 4.68 Å². The van der Waals surface area contributed by atoms with Crippen molar-refractivity contribution in [3.05, 3.63) is 12.3 Å². The van der Waals surface area contributed by atoms with E-state index in [1.54, 1.807) is 12.3 Å². The van der Waals surface area contributed by atoms with Gasteiger partial charge in [-0.2, -0.15) is 9.78 Å². The number of hydrogen-bond donors (Lipinski definition) is 1. The molecule has 5 nitrogen and oxygen atoms in total. The minimum absolute atomic E-state index is 0.315. The van der Waals surface area contributed by atoms with Crippen LogP contribution in [0.2, 0.25) is 25.7 Å². The van der Waals surface area contributed by atoms with E-state index in [1.807, 2.05) is 0 Å². The van der Waals surface area contributed by atoms with E-state index in [-0.39, 0.29) is 0 Å². The Balaban J connectivity index is 2.35. The zero-order valence-electron chi connectivity index (χ0n) is 9.97. The van der Waals surface area contributed by atoms with E-state index in [2.05, 4.69) is 24.7 Å².